The molecule has 3 saturated carbocycles. The van der Waals surface area contributed by atoms with Crippen LogP contribution in [-0.4, -0.2) is 34.7 Å². The van der Waals surface area contributed by atoms with Crippen molar-refractivity contribution in [3.63, 3.8) is 0 Å². The first kappa shape index (κ1) is 35.9. The molecule has 6 nitrogen and oxygen atoms in total. The van der Waals surface area contributed by atoms with Gasteiger partial charge < -0.3 is 9.84 Å². The van der Waals surface area contributed by atoms with Crippen molar-refractivity contribution in [2.24, 2.45) is 46.3 Å². The van der Waals surface area contributed by atoms with E-state index in [1.807, 2.05) is 6.08 Å². The van der Waals surface area contributed by atoms with E-state index in [-0.39, 0.29) is 47.4 Å². The average molecular weight is 627 g/mol. The highest BCUT2D eigenvalue weighted by Crippen LogP contribution is 2.66. The number of fused-ring (bicyclic) bond motifs is 5. The summed E-state index contributed by atoms with van der Waals surface area (Å²) in [5.41, 5.74) is 1.55. The van der Waals surface area contributed by atoms with Crippen molar-refractivity contribution in [2.45, 2.75) is 163 Å². The Morgan fingerprint density at radius 2 is 1.56 bits per heavy atom. The lowest BCUT2D eigenvalue weighted by Crippen LogP contribution is -2.53. The van der Waals surface area contributed by atoms with Gasteiger partial charge in [-0.15, -0.1) is 0 Å². The van der Waals surface area contributed by atoms with Crippen molar-refractivity contribution in [1.82, 2.24) is 0 Å². The van der Waals surface area contributed by atoms with Gasteiger partial charge in [-0.2, -0.15) is 0 Å². The average Bonchev–Trinajstić information content (AvgIpc) is 3.33. The lowest BCUT2D eigenvalue weighted by Gasteiger charge is -2.57. The summed E-state index contributed by atoms with van der Waals surface area (Å²) in [6.45, 7) is 12.1. The second-order valence-corrected chi connectivity index (χ2v) is 16.3. The number of aliphatic carboxylic acids is 1. The number of carboxylic acid groups (broad SMARTS) is 1. The predicted molar refractivity (Wildman–Crippen MR) is 178 cm³/mol. The van der Waals surface area contributed by atoms with E-state index in [0.717, 1.165) is 69.1 Å². The van der Waals surface area contributed by atoms with E-state index >= 15 is 0 Å². The minimum atomic E-state index is -0.929. The fourth-order valence-corrected chi connectivity index (χ4v) is 10.2. The Morgan fingerprint density at radius 3 is 2.27 bits per heavy atom. The van der Waals surface area contributed by atoms with Crippen LogP contribution in [0.1, 0.15) is 157 Å². The summed E-state index contributed by atoms with van der Waals surface area (Å²) in [5.74, 6) is 2.62. The molecule has 0 amide bonds. The maximum Gasteiger partial charge on any atom is 0.306 e. The zero-order chi connectivity index (χ0) is 32.8. The van der Waals surface area contributed by atoms with Gasteiger partial charge in [-0.05, 0) is 97.9 Å². The van der Waals surface area contributed by atoms with Gasteiger partial charge in [-0.1, -0.05) is 78.7 Å². The summed E-state index contributed by atoms with van der Waals surface area (Å²) < 4.78 is 5.95. The Kier molecular flexibility index (Phi) is 12.5. The van der Waals surface area contributed by atoms with Gasteiger partial charge in [0.1, 0.15) is 11.9 Å². The Hall–Kier alpha value is -1.98. The van der Waals surface area contributed by atoms with Crippen LogP contribution in [0.4, 0.5) is 0 Å². The largest absolute Gasteiger partial charge is 0.481 e. The highest BCUT2D eigenvalue weighted by molar-refractivity contribution is 5.94. The third kappa shape index (κ3) is 8.69. The van der Waals surface area contributed by atoms with Crippen LogP contribution in [0.5, 0.6) is 0 Å². The number of carbonyl (C=O) groups is 4. The molecule has 1 N–H and O–H groups in total. The SMILES string of the molecule is CC(C)CCC[C@@H](C)[C@H]1CCC2C3C(=O)C=C4CC(OC(=O)CCCCCCCC(=O)CCC(=O)O)CC[C@]4(C)C3CC[C@@]21C. The second kappa shape index (κ2) is 15.7. The quantitative estimate of drug-likeness (QED) is 0.128. The molecule has 4 aliphatic carbocycles. The van der Waals surface area contributed by atoms with Crippen molar-refractivity contribution in [2.75, 3.05) is 0 Å². The molecule has 0 aromatic heterocycles. The molecule has 0 spiro atoms. The minimum absolute atomic E-state index is 0.0153. The predicted octanol–water partition coefficient (Wildman–Crippen LogP) is 9.28. The number of rotatable bonds is 17. The lowest BCUT2D eigenvalue weighted by molar-refractivity contribution is -0.152. The number of ketones is 2. The van der Waals surface area contributed by atoms with Gasteiger partial charge in [0.05, 0.1) is 6.42 Å². The van der Waals surface area contributed by atoms with Crippen LogP contribution in [0.2, 0.25) is 0 Å². The number of carbonyl (C=O) groups excluding carboxylic acids is 3. The molecule has 8 atom stereocenters. The van der Waals surface area contributed by atoms with E-state index in [1.165, 1.54) is 44.1 Å². The summed E-state index contributed by atoms with van der Waals surface area (Å²) >= 11 is 0. The fraction of sp³-hybridized carbons (Fsp3) is 0.846. The summed E-state index contributed by atoms with van der Waals surface area (Å²) in [5, 5.41) is 8.67. The number of hydrogen-bond donors (Lipinski definition) is 1. The molecule has 4 unspecified atom stereocenters. The fourth-order valence-electron chi connectivity index (χ4n) is 10.2. The van der Waals surface area contributed by atoms with Crippen molar-refractivity contribution in [3.8, 4) is 0 Å². The highest BCUT2D eigenvalue weighted by Gasteiger charge is 2.61. The molecule has 0 heterocycles. The topological polar surface area (TPSA) is 97.7 Å². The van der Waals surface area contributed by atoms with E-state index in [9.17, 15) is 19.2 Å². The molecule has 6 heteroatoms. The number of ether oxygens (including phenoxy) is 1. The van der Waals surface area contributed by atoms with Crippen LogP contribution in [-0.2, 0) is 23.9 Å². The summed E-state index contributed by atoms with van der Waals surface area (Å²) in [6, 6.07) is 0. The van der Waals surface area contributed by atoms with Crippen molar-refractivity contribution in [3.05, 3.63) is 11.6 Å². The first-order chi connectivity index (χ1) is 21.3. The van der Waals surface area contributed by atoms with Gasteiger partial charge in [0, 0.05) is 31.6 Å². The standard InChI is InChI=1S/C39H62O6/c1-26(2)12-11-13-27(3)31-17-18-32-37-33(21-23-39(31,32)5)38(4)22-20-30(24-28(38)25-34(37)41)45-36(44)15-10-8-6-7-9-14-29(40)16-19-35(42)43/h25-27,30-33,37H,6-24H2,1-5H3,(H,42,43)/t27-,30?,31-,32?,33?,37?,38+,39-/m1/s1. The third-order valence-electron chi connectivity index (χ3n) is 12.9. The van der Waals surface area contributed by atoms with Gasteiger partial charge in [0.25, 0.3) is 0 Å². The van der Waals surface area contributed by atoms with Crippen molar-refractivity contribution >= 4 is 23.5 Å². The number of esters is 1. The van der Waals surface area contributed by atoms with E-state index in [0.29, 0.717) is 36.9 Å². The molecule has 45 heavy (non-hydrogen) atoms. The van der Waals surface area contributed by atoms with E-state index in [2.05, 4.69) is 34.6 Å². The Bertz CT molecular complexity index is 1090. The van der Waals surface area contributed by atoms with E-state index in [1.54, 1.807) is 0 Å². The second-order valence-electron chi connectivity index (χ2n) is 16.3. The molecule has 0 saturated heterocycles. The highest BCUT2D eigenvalue weighted by atomic mass is 16.5. The normalized spacial score (nSPS) is 33.2. The van der Waals surface area contributed by atoms with Crippen LogP contribution in [0.3, 0.4) is 0 Å². The molecular formula is C39H62O6. The van der Waals surface area contributed by atoms with Gasteiger partial charge in [0.2, 0.25) is 0 Å². The molecule has 0 aromatic carbocycles. The molecule has 254 valence electrons. The number of allylic oxidation sites excluding steroid dienone is 1. The first-order valence-electron chi connectivity index (χ1n) is 18.5. The molecular weight excluding hydrogens is 564 g/mol. The Morgan fingerprint density at radius 1 is 0.844 bits per heavy atom. The zero-order valence-electron chi connectivity index (χ0n) is 29.0. The van der Waals surface area contributed by atoms with Gasteiger partial charge in [-0.25, -0.2) is 0 Å². The molecule has 4 rings (SSSR count). The number of Topliss-reactive ketones (excluding diaryl/α,β-unsaturated/α-hetero) is 1. The zero-order valence-corrected chi connectivity index (χ0v) is 29.0. The number of carboxylic acids is 1. The molecule has 0 aliphatic heterocycles. The third-order valence-corrected chi connectivity index (χ3v) is 12.9. The number of unbranched alkanes of at least 4 members (excludes halogenated alkanes) is 4. The molecule has 0 radical (unpaired) electrons. The maximum atomic E-state index is 13.9. The molecule has 3 fully saturated rings. The Labute approximate surface area is 272 Å². The van der Waals surface area contributed by atoms with E-state index < -0.39 is 5.97 Å². The van der Waals surface area contributed by atoms with Crippen LogP contribution in [0.15, 0.2) is 11.6 Å². The Balaban J connectivity index is 1.23. The minimum Gasteiger partial charge on any atom is -0.481 e. The molecule has 0 aromatic rings. The molecule has 4 aliphatic rings. The monoisotopic (exact) mass is 626 g/mol. The van der Waals surface area contributed by atoms with Gasteiger partial charge in [0.15, 0.2) is 5.78 Å². The number of hydrogen-bond acceptors (Lipinski definition) is 5. The van der Waals surface area contributed by atoms with Crippen molar-refractivity contribution in [1.29, 1.82) is 0 Å². The van der Waals surface area contributed by atoms with Crippen molar-refractivity contribution < 1.29 is 29.0 Å². The van der Waals surface area contributed by atoms with Crippen LogP contribution in [0.25, 0.3) is 0 Å². The van der Waals surface area contributed by atoms with Gasteiger partial charge >= 0.3 is 11.9 Å². The summed E-state index contributed by atoms with van der Waals surface area (Å²) in [6.07, 6.45) is 18.5. The maximum absolute atomic E-state index is 13.9. The van der Waals surface area contributed by atoms with Crippen LogP contribution in [0, 0.1) is 46.3 Å². The summed E-state index contributed by atoms with van der Waals surface area (Å²) in [4.78, 5) is 48.8. The van der Waals surface area contributed by atoms with Crippen LogP contribution >= 0.6 is 0 Å². The smallest absolute Gasteiger partial charge is 0.306 e. The molecule has 0 bridgehead atoms. The van der Waals surface area contributed by atoms with E-state index in [4.69, 9.17) is 9.84 Å². The summed E-state index contributed by atoms with van der Waals surface area (Å²) in [7, 11) is 0. The lowest BCUT2D eigenvalue weighted by atomic mass is 9.46. The van der Waals surface area contributed by atoms with Crippen LogP contribution < -0.4 is 0 Å². The van der Waals surface area contributed by atoms with Gasteiger partial charge in [-0.3, -0.25) is 19.2 Å². The first-order valence-corrected chi connectivity index (χ1v) is 18.5.